The first-order valence-corrected chi connectivity index (χ1v) is 5.63. The highest BCUT2D eigenvalue weighted by Gasteiger charge is 2.35. The number of rotatable bonds is 3. The van der Waals surface area contributed by atoms with Crippen molar-refractivity contribution in [1.82, 2.24) is 5.32 Å². The average molecular weight is 275 g/mol. The van der Waals surface area contributed by atoms with Crippen molar-refractivity contribution in [2.45, 2.75) is 12.5 Å². The van der Waals surface area contributed by atoms with E-state index in [0.29, 0.717) is 6.07 Å². The van der Waals surface area contributed by atoms with Crippen molar-refractivity contribution in [2.24, 2.45) is 5.92 Å². The molecule has 0 saturated carbocycles. The van der Waals surface area contributed by atoms with Crippen LogP contribution in [0.15, 0.2) is 6.07 Å². The number of benzene rings is 1. The number of hydrogen-bond donors (Lipinski definition) is 2. The molecule has 0 aromatic heterocycles. The molecule has 1 aliphatic rings. The Bertz CT molecular complexity index is 521. The lowest BCUT2D eigenvalue weighted by atomic mass is 9.98. The van der Waals surface area contributed by atoms with Gasteiger partial charge in [-0.05, 0) is 6.42 Å². The molecule has 2 unspecified atom stereocenters. The SMILES string of the molecule is COc1cc(F)c(F)c(C2CC(C(=O)O)CN2)c1F. The Morgan fingerprint density at radius 3 is 2.63 bits per heavy atom. The summed E-state index contributed by atoms with van der Waals surface area (Å²) in [5.41, 5.74) is -0.513. The molecule has 0 aliphatic carbocycles. The summed E-state index contributed by atoms with van der Waals surface area (Å²) in [7, 11) is 1.14. The second-order valence-electron chi connectivity index (χ2n) is 4.33. The number of ether oxygens (including phenoxy) is 1. The van der Waals surface area contributed by atoms with Crippen LogP contribution in [0.4, 0.5) is 13.2 Å². The first-order chi connectivity index (χ1) is 8.95. The van der Waals surface area contributed by atoms with Gasteiger partial charge in [0, 0.05) is 24.2 Å². The molecule has 0 bridgehead atoms. The van der Waals surface area contributed by atoms with Crippen LogP contribution in [0.1, 0.15) is 18.0 Å². The molecule has 2 N–H and O–H groups in total. The molecule has 1 aromatic carbocycles. The van der Waals surface area contributed by atoms with E-state index in [4.69, 9.17) is 5.11 Å². The predicted molar refractivity (Wildman–Crippen MR) is 59.4 cm³/mol. The summed E-state index contributed by atoms with van der Waals surface area (Å²) in [4.78, 5) is 10.8. The van der Waals surface area contributed by atoms with Gasteiger partial charge in [0.1, 0.15) is 0 Å². The van der Waals surface area contributed by atoms with Gasteiger partial charge in [-0.3, -0.25) is 4.79 Å². The van der Waals surface area contributed by atoms with Crippen LogP contribution in [0, 0.1) is 23.4 Å². The van der Waals surface area contributed by atoms with Gasteiger partial charge in [-0.25, -0.2) is 13.2 Å². The number of carbonyl (C=O) groups is 1. The highest BCUT2D eigenvalue weighted by Crippen LogP contribution is 2.35. The quantitative estimate of drug-likeness (QED) is 0.826. The molecule has 2 rings (SSSR count). The van der Waals surface area contributed by atoms with Crippen molar-refractivity contribution in [3.63, 3.8) is 0 Å². The molecule has 7 heteroatoms. The third-order valence-corrected chi connectivity index (χ3v) is 3.21. The van der Waals surface area contributed by atoms with Crippen LogP contribution in [0.2, 0.25) is 0 Å². The van der Waals surface area contributed by atoms with Crippen LogP contribution < -0.4 is 10.1 Å². The standard InChI is InChI=1S/C12H12F3NO3/c1-19-8-3-6(13)10(14)9(11(8)15)7-2-5(4-16-7)12(17)18/h3,5,7,16H,2,4H2,1H3,(H,17,18). The van der Waals surface area contributed by atoms with Crippen LogP contribution in [0.5, 0.6) is 5.75 Å². The van der Waals surface area contributed by atoms with Gasteiger partial charge in [-0.2, -0.15) is 0 Å². The Balaban J connectivity index is 2.40. The molecule has 1 fully saturated rings. The van der Waals surface area contributed by atoms with Crippen molar-refractivity contribution >= 4 is 5.97 Å². The van der Waals surface area contributed by atoms with Gasteiger partial charge in [0.15, 0.2) is 23.2 Å². The van der Waals surface area contributed by atoms with E-state index in [1.165, 1.54) is 0 Å². The van der Waals surface area contributed by atoms with Crippen molar-refractivity contribution in [1.29, 1.82) is 0 Å². The fourth-order valence-electron chi connectivity index (χ4n) is 2.20. The van der Waals surface area contributed by atoms with E-state index in [-0.39, 0.29) is 13.0 Å². The zero-order valence-corrected chi connectivity index (χ0v) is 10.0. The summed E-state index contributed by atoms with van der Waals surface area (Å²) >= 11 is 0. The molecular weight excluding hydrogens is 263 g/mol. The molecule has 19 heavy (non-hydrogen) atoms. The first-order valence-electron chi connectivity index (χ1n) is 5.63. The summed E-state index contributed by atoms with van der Waals surface area (Å²) in [6.45, 7) is 0.0811. The molecule has 1 heterocycles. The second-order valence-corrected chi connectivity index (χ2v) is 4.33. The molecular formula is C12H12F3NO3. The van der Waals surface area contributed by atoms with E-state index in [0.717, 1.165) is 7.11 Å². The van der Waals surface area contributed by atoms with Crippen molar-refractivity contribution < 1.29 is 27.8 Å². The third kappa shape index (κ3) is 2.37. The van der Waals surface area contributed by atoms with E-state index >= 15 is 0 Å². The second kappa shape index (κ2) is 5.08. The van der Waals surface area contributed by atoms with Gasteiger partial charge in [0.05, 0.1) is 13.0 Å². The minimum Gasteiger partial charge on any atom is -0.494 e. The monoisotopic (exact) mass is 275 g/mol. The maximum absolute atomic E-state index is 14.0. The predicted octanol–water partition coefficient (Wildman–Crippen LogP) is 1.85. The third-order valence-electron chi connectivity index (χ3n) is 3.21. The molecule has 2 atom stereocenters. The Morgan fingerprint density at radius 1 is 1.42 bits per heavy atom. The van der Waals surface area contributed by atoms with Crippen molar-refractivity contribution in [3.8, 4) is 5.75 Å². The Morgan fingerprint density at radius 2 is 2.11 bits per heavy atom. The summed E-state index contributed by atoms with van der Waals surface area (Å²) in [6, 6.07) is -0.261. The first kappa shape index (κ1) is 13.7. The number of nitrogens with one attached hydrogen (secondary N) is 1. The van der Waals surface area contributed by atoms with E-state index in [9.17, 15) is 18.0 Å². The van der Waals surface area contributed by atoms with Crippen molar-refractivity contribution in [3.05, 3.63) is 29.1 Å². The van der Waals surface area contributed by atoms with Gasteiger partial charge in [-0.15, -0.1) is 0 Å². The maximum Gasteiger partial charge on any atom is 0.307 e. The Labute approximate surface area is 107 Å². The maximum atomic E-state index is 14.0. The lowest BCUT2D eigenvalue weighted by molar-refractivity contribution is -0.141. The number of carboxylic acid groups (broad SMARTS) is 1. The van der Waals surface area contributed by atoms with Gasteiger partial charge >= 0.3 is 5.97 Å². The highest BCUT2D eigenvalue weighted by atomic mass is 19.2. The zero-order chi connectivity index (χ0) is 14.2. The molecule has 1 aromatic rings. The molecule has 104 valence electrons. The molecule has 0 amide bonds. The summed E-state index contributed by atoms with van der Waals surface area (Å²) < 4.78 is 45.7. The Hall–Kier alpha value is -1.76. The number of aliphatic carboxylic acids is 1. The fourth-order valence-corrected chi connectivity index (χ4v) is 2.20. The minimum absolute atomic E-state index is 0.00419. The van der Waals surface area contributed by atoms with Gasteiger partial charge in [0.2, 0.25) is 0 Å². The van der Waals surface area contributed by atoms with Crippen LogP contribution in [0.25, 0.3) is 0 Å². The Kier molecular flexibility index (Phi) is 3.66. The van der Waals surface area contributed by atoms with E-state index in [2.05, 4.69) is 10.1 Å². The van der Waals surface area contributed by atoms with Crippen LogP contribution >= 0.6 is 0 Å². The minimum atomic E-state index is -1.32. The van der Waals surface area contributed by atoms with Gasteiger partial charge in [0.25, 0.3) is 0 Å². The van der Waals surface area contributed by atoms with Gasteiger partial charge in [-0.1, -0.05) is 0 Å². The smallest absolute Gasteiger partial charge is 0.307 e. The molecule has 0 radical (unpaired) electrons. The number of halogens is 3. The van der Waals surface area contributed by atoms with E-state index in [1.807, 2.05) is 0 Å². The normalized spacial score (nSPS) is 22.5. The van der Waals surface area contributed by atoms with Crippen molar-refractivity contribution in [2.75, 3.05) is 13.7 Å². The molecule has 0 spiro atoms. The number of carboxylic acids is 1. The topological polar surface area (TPSA) is 58.6 Å². The van der Waals surface area contributed by atoms with Crippen LogP contribution in [-0.4, -0.2) is 24.7 Å². The lowest BCUT2D eigenvalue weighted by Gasteiger charge is -2.15. The van der Waals surface area contributed by atoms with Crippen LogP contribution in [-0.2, 0) is 4.79 Å². The average Bonchev–Trinajstić information content (AvgIpc) is 2.83. The number of hydrogen-bond acceptors (Lipinski definition) is 3. The molecule has 4 nitrogen and oxygen atoms in total. The van der Waals surface area contributed by atoms with E-state index in [1.54, 1.807) is 0 Å². The zero-order valence-electron chi connectivity index (χ0n) is 10.0. The summed E-state index contributed by atoms with van der Waals surface area (Å²) in [5, 5.41) is 11.5. The highest BCUT2D eigenvalue weighted by molar-refractivity contribution is 5.70. The fraction of sp³-hybridized carbons (Fsp3) is 0.417. The molecule has 1 aliphatic heterocycles. The van der Waals surface area contributed by atoms with Gasteiger partial charge < -0.3 is 15.2 Å². The lowest BCUT2D eigenvalue weighted by Crippen LogP contribution is -2.19. The number of methoxy groups -OCH3 is 1. The molecule has 1 saturated heterocycles. The van der Waals surface area contributed by atoms with E-state index < -0.39 is 46.7 Å². The largest absolute Gasteiger partial charge is 0.494 e. The summed E-state index contributed by atoms with van der Waals surface area (Å²) in [6.07, 6.45) is -0.00419. The van der Waals surface area contributed by atoms with Crippen LogP contribution in [0.3, 0.4) is 0 Å². The summed E-state index contributed by atoms with van der Waals surface area (Å²) in [5.74, 6) is -5.77.